The van der Waals surface area contributed by atoms with Crippen molar-refractivity contribution in [3.63, 3.8) is 0 Å². The summed E-state index contributed by atoms with van der Waals surface area (Å²) in [5.74, 6) is 5.55. The van der Waals surface area contributed by atoms with Crippen molar-refractivity contribution in [1.82, 2.24) is 9.88 Å². The SMILES string of the molecule is COCC(C)N(C)C(=O)c1cccc(NN)n1. The molecule has 6 nitrogen and oxygen atoms in total. The average Bonchev–Trinajstić information content (AvgIpc) is 2.37. The van der Waals surface area contributed by atoms with Crippen molar-refractivity contribution in [2.45, 2.75) is 13.0 Å². The third-order valence-corrected chi connectivity index (χ3v) is 2.51. The number of methoxy groups -OCH3 is 1. The summed E-state index contributed by atoms with van der Waals surface area (Å²) in [7, 11) is 3.32. The number of hydrogen-bond donors (Lipinski definition) is 2. The van der Waals surface area contributed by atoms with Gasteiger partial charge in [0.25, 0.3) is 5.91 Å². The molecule has 0 saturated carbocycles. The number of carbonyl (C=O) groups excluding carboxylic acids is 1. The van der Waals surface area contributed by atoms with E-state index in [-0.39, 0.29) is 11.9 Å². The van der Waals surface area contributed by atoms with Crippen LogP contribution in [0, 0.1) is 0 Å². The number of pyridine rings is 1. The fourth-order valence-corrected chi connectivity index (χ4v) is 1.37. The first-order valence-electron chi connectivity index (χ1n) is 5.30. The molecule has 0 bridgehead atoms. The van der Waals surface area contributed by atoms with Crippen molar-refractivity contribution in [3.8, 4) is 0 Å². The Hall–Kier alpha value is -1.66. The van der Waals surface area contributed by atoms with Crippen molar-refractivity contribution in [2.24, 2.45) is 5.84 Å². The van der Waals surface area contributed by atoms with Gasteiger partial charge in [0.1, 0.15) is 11.5 Å². The highest BCUT2D eigenvalue weighted by Gasteiger charge is 2.18. The Morgan fingerprint density at radius 3 is 2.94 bits per heavy atom. The number of ether oxygens (including phenoxy) is 1. The third kappa shape index (κ3) is 3.40. The number of aromatic nitrogens is 1. The summed E-state index contributed by atoms with van der Waals surface area (Å²) in [6, 6.07) is 5.06. The van der Waals surface area contributed by atoms with Crippen molar-refractivity contribution in [3.05, 3.63) is 23.9 Å². The van der Waals surface area contributed by atoms with Crippen LogP contribution in [0.3, 0.4) is 0 Å². The smallest absolute Gasteiger partial charge is 0.272 e. The number of nitrogens with two attached hydrogens (primary N) is 1. The molecule has 0 aliphatic heterocycles. The van der Waals surface area contributed by atoms with Crippen LogP contribution in [-0.4, -0.2) is 42.6 Å². The number of carbonyl (C=O) groups is 1. The standard InChI is InChI=1S/C11H18N4O2/c1-8(7-17-3)15(2)11(16)9-5-4-6-10(13-9)14-12/h4-6,8H,7,12H2,1-3H3,(H,13,14). The van der Waals surface area contributed by atoms with Gasteiger partial charge in [0, 0.05) is 14.2 Å². The van der Waals surface area contributed by atoms with Crippen LogP contribution < -0.4 is 11.3 Å². The van der Waals surface area contributed by atoms with Crippen LogP contribution in [0.15, 0.2) is 18.2 Å². The molecule has 1 amide bonds. The van der Waals surface area contributed by atoms with Crippen LogP contribution in [-0.2, 0) is 4.74 Å². The van der Waals surface area contributed by atoms with E-state index in [2.05, 4.69) is 10.4 Å². The second kappa shape index (κ2) is 6.17. The molecule has 0 radical (unpaired) electrons. The number of nitrogens with one attached hydrogen (secondary N) is 1. The largest absolute Gasteiger partial charge is 0.383 e. The highest BCUT2D eigenvalue weighted by molar-refractivity contribution is 5.92. The first-order valence-corrected chi connectivity index (χ1v) is 5.30. The molecule has 94 valence electrons. The van der Waals surface area contributed by atoms with Crippen molar-refractivity contribution in [2.75, 3.05) is 26.2 Å². The van der Waals surface area contributed by atoms with Crippen LogP contribution in [0.25, 0.3) is 0 Å². The lowest BCUT2D eigenvalue weighted by atomic mass is 10.2. The minimum atomic E-state index is -0.161. The normalized spacial score (nSPS) is 12.0. The van der Waals surface area contributed by atoms with Gasteiger partial charge in [-0.2, -0.15) is 0 Å². The molecule has 1 heterocycles. The van der Waals surface area contributed by atoms with Gasteiger partial charge in [-0.05, 0) is 19.1 Å². The minimum Gasteiger partial charge on any atom is -0.383 e. The molecular weight excluding hydrogens is 220 g/mol. The molecule has 6 heteroatoms. The number of amides is 1. The Labute approximate surface area is 101 Å². The first kappa shape index (κ1) is 13.4. The number of nitrogen functional groups attached to an aromatic ring is 1. The van der Waals surface area contributed by atoms with Gasteiger partial charge in [-0.1, -0.05) is 6.07 Å². The molecule has 0 aliphatic carbocycles. The van der Waals surface area contributed by atoms with E-state index in [4.69, 9.17) is 10.6 Å². The van der Waals surface area contributed by atoms with Gasteiger partial charge in [0.2, 0.25) is 0 Å². The Balaban J connectivity index is 2.80. The summed E-state index contributed by atoms with van der Waals surface area (Å²) in [4.78, 5) is 17.7. The van der Waals surface area contributed by atoms with Crippen molar-refractivity contribution < 1.29 is 9.53 Å². The number of rotatable bonds is 5. The highest BCUT2D eigenvalue weighted by atomic mass is 16.5. The molecule has 1 rings (SSSR count). The summed E-state index contributed by atoms with van der Waals surface area (Å²) < 4.78 is 5.01. The van der Waals surface area contributed by atoms with Gasteiger partial charge in [0.05, 0.1) is 12.6 Å². The molecule has 0 aliphatic rings. The predicted molar refractivity (Wildman–Crippen MR) is 65.5 cm³/mol. The molecule has 0 saturated heterocycles. The number of likely N-dealkylation sites (N-methyl/N-ethyl adjacent to an activating group) is 1. The summed E-state index contributed by atoms with van der Waals surface area (Å²) in [6.07, 6.45) is 0. The molecule has 0 spiro atoms. The molecule has 1 aromatic heterocycles. The fraction of sp³-hybridized carbons (Fsp3) is 0.455. The van der Waals surface area contributed by atoms with Crippen LogP contribution in [0.1, 0.15) is 17.4 Å². The van der Waals surface area contributed by atoms with Crippen LogP contribution >= 0.6 is 0 Å². The van der Waals surface area contributed by atoms with Crippen molar-refractivity contribution >= 4 is 11.7 Å². The lowest BCUT2D eigenvalue weighted by Crippen LogP contribution is -2.38. The summed E-state index contributed by atoms with van der Waals surface area (Å²) in [6.45, 7) is 2.39. The fourth-order valence-electron chi connectivity index (χ4n) is 1.37. The number of anilines is 1. The Kier molecular flexibility index (Phi) is 4.86. The van der Waals surface area contributed by atoms with E-state index in [1.807, 2.05) is 6.92 Å². The maximum absolute atomic E-state index is 12.1. The van der Waals surface area contributed by atoms with Gasteiger partial charge in [-0.15, -0.1) is 0 Å². The second-order valence-electron chi connectivity index (χ2n) is 3.77. The number of hydrazine groups is 1. The zero-order valence-corrected chi connectivity index (χ0v) is 10.3. The zero-order valence-electron chi connectivity index (χ0n) is 10.3. The van der Waals surface area contributed by atoms with Gasteiger partial charge in [-0.3, -0.25) is 4.79 Å². The second-order valence-corrected chi connectivity index (χ2v) is 3.77. The third-order valence-electron chi connectivity index (χ3n) is 2.51. The molecule has 3 N–H and O–H groups in total. The molecule has 1 atom stereocenters. The van der Waals surface area contributed by atoms with Gasteiger partial charge in [-0.25, -0.2) is 10.8 Å². The zero-order chi connectivity index (χ0) is 12.8. The average molecular weight is 238 g/mol. The summed E-state index contributed by atoms with van der Waals surface area (Å²) in [5, 5.41) is 0. The predicted octanol–water partition coefficient (Wildman–Crippen LogP) is 0.474. The molecule has 1 aromatic rings. The van der Waals surface area contributed by atoms with Gasteiger partial charge < -0.3 is 15.1 Å². The lowest BCUT2D eigenvalue weighted by molar-refractivity contribution is 0.0628. The maximum Gasteiger partial charge on any atom is 0.272 e. The summed E-state index contributed by atoms with van der Waals surface area (Å²) >= 11 is 0. The monoisotopic (exact) mass is 238 g/mol. The lowest BCUT2D eigenvalue weighted by Gasteiger charge is -2.23. The summed E-state index contributed by atoms with van der Waals surface area (Å²) in [5.41, 5.74) is 2.76. The Morgan fingerprint density at radius 2 is 2.35 bits per heavy atom. The number of nitrogens with zero attached hydrogens (tertiary/aromatic N) is 2. The van der Waals surface area contributed by atoms with E-state index in [0.717, 1.165) is 0 Å². The minimum absolute atomic E-state index is 0.0104. The van der Waals surface area contributed by atoms with Crippen molar-refractivity contribution in [1.29, 1.82) is 0 Å². The van der Waals surface area contributed by atoms with E-state index < -0.39 is 0 Å². The van der Waals surface area contributed by atoms with E-state index in [9.17, 15) is 4.79 Å². The maximum atomic E-state index is 12.1. The molecule has 1 unspecified atom stereocenters. The van der Waals surface area contributed by atoms with Gasteiger partial charge in [0.15, 0.2) is 0 Å². The van der Waals surface area contributed by atoms with Crippen LogP contribution in [0.2, 0.25) is 0 Å². The van der Waals surface area contributed by atoms with Gasteiger partial charge >= 0.3 is 0 Å². The Morgan fingerprint density at radius 1 is 1.65 bits per heavy atom. The molecule has 17 heavy (non-hydrogen) atoms. The van der Waals surface area contributed by atoms with E-state index in [0.29, 0.717) is 18.1 Å². The quantitative estimate of drug-likeness (QED) is 0.576. The molecule has 0 fully saturated rings. The number of hydrogen-bond acceptors (Lipinski definition) is 5. The van der Waals surface area contributed by atoms with E-state index in [1.165, 1.54) is 0 Å². The molecular formula is C11H18N4O2. The van der Waals surface area contributed by atoms with Crippen LogP contribution in [0.4, 0.5) is 5.82 Å². The first-order chi connectivity index (χ1) is 8.10. The topological polar surface area (TPSA) is 80.5 Å². The molecule has 0 aromatic carbocycles. The van der Waals surface area contributed by atoms with E-state index in [1.54, 1.807) is 37.3 Å². The Bertz CT molecular complexity index is 383. The van der Waals surface area contributed by atoms with Crippen LogP contribution in [0.5, 0.6) is 0 Å². The van der Waals surface area contributed by atoms with E-state index >= 15 is 0 Å². The highest BCUT2D eigenvalue weighted by Crippen LogP contribution is 2.08.